The summed E-state index contributed by atoms with van der Waals surface area (Å²) in [6, 6.07) is 3.91. The van der Waals surface area contributed by atoms with E-state index in [1.54, 1.807) is 17.5 Å². The van der Waals surface area contributed by atoms with Crippen LogP contribution in [0.3, 0.4) is 0 Å². The molecule has 4 nitrogen and oxygen atoms in total. The van der Waals surface area contributed by atoms with Crippen LogP contribution in [0.25, 0.3) is 10.7 Å². The molecular weight excluding hydrogens is 222 g/mol. The monoisotopic (exact) mass is 237 g/mol. The molecule has 0 aliphatic heterocycles. The van der Waals surface area contributed by atoms with Crippen LogP contribution in [0.1, 0.15) is 6.42 Å². The molecule has 3 N–H and O–H groups in total. The normalized spacial score (nSPS) is 12.9. The van der Waals surface area contributed by atoms with Gasteiger partial charge in [0.15, 0.2) is 0 Å². The van der Waals surface area contributed by atoms with Gasteiger partial charge in [0, 0.05) is 25.0 Å². The molecule has 0 fully saturated rings. The third-order valence-corrected chi connectivity index (χ3v) is 3.30. The maximum Gasteiger partial charge on any atom is 0.149 e. The van der Waals surface area contributed by atoms with Crippen LogP contribution in [-0.2, 0) is 6.54 Å². The van der Waals surface area contributed by atoms with Crippen molar-refractivity contribution in [3.8, 4) is 10.7 Å². The van der Waals surface area contributed by atoms with Gasteiger partial charge < -0.3 is 15.4 Å². The Hall–Kier alpha value is -1.17. The third kappa shape index (κ3) is 2.49. The van der Waals surface area contributed by atoms with Crippen molar-refractivity contribution >= 4 is 11.3 Å². The van der Waals surface area contributed by atoms with Crippen LogP contribution in [0.4, 0.5) is 0 Å². The van der Waals surface area contributed by atoms with Crippen molar-refractivity contribution < 1.29 is 5.11 Å². The molecule has 2 rings (SSSR count). The van der Waals surface area contributed by atoms with E-state index in [2.05, 4.69) is 15.6 Å². The lowest BCUT2D eigenvalue weighted by Gasteiger charge is -2.10. The maximum atomic E-state index is 8.87. The van der Waals surface area contributed by atoms with Crippen LogP contribution in [0.15, 0.2) is 29.9 Å². The summed E-state index contributed by atoms with van der Waals surface area (Å²) >= 11 is 1.67. The van der Waals surface area contributed by atoms with Gasteiger partial charge in [-0.25, -0.2) is 4.98 Å². The van der Waals surface area contributed by atoms with Gasteiger partial charge in [0.05, 0.1) is 11.5 Å². The number of rotatable bonds is 5. The molecule has 2 aromatic rings. The van der Waals surface area contributed by atoms with E-state index in [1.807, 2.05) is 17.6 Å². The molecule has 1 unspecified atom stereocenters. The molecule has 0 aromatic carbocycles. The highest BCUT2D eigenvalue weighted by molar-refractivity contribution is 7.13. The van der Waals surface area contributed by atoms with E-state index in [0.717, 1.165) is 23.7 Å². The van der Waals surface area contributed by atoms with Gasteiger partial charge in [-0.3, -0.25) is 0 Å². The van der Waals surface area contributed by atoms with E-state index in [1.165, 1.54) is 0 Å². The molecule has 16 heavy (non-hydrogen) atoms. The minimum atomic E-state index is -0.154. The Labute approximate surface area is 98.4 Å². The summed E-state index contributed by atoms with van der Waals surface area (Å²) in [6.07, 6.45) is 4.49. The highest BCUT2D eigenvalue weighted by Crippen LogP contribution is 2.22. The maximum absolute atomic E-state index is 8.87. The highest BCUT2D eigenvalue weighted by Gasteiger charge is 2.07. The van der Waals surface area contributed by atoms with Gasteiger partial charge in [-0.1, -0.05) is 6.07 Å². The van der Waals surface area contributed by atoms with Crippen LogP contribution < -0.4 is 5.73 Å². The fraction of sp³-hybridized carbons (Fsp3) is 0.364. The average molecular weight is 237 g/mol. The number of aromatic nitrogens is 2. The Balaban J connectivity index is 2.08. The van der Waals surface area contributed by atoms with Gasteiger partial charge in [0.1, 0.15) is 5.82 Å². The number of hydrogen-bond acceptors (Lipinski definition) is 4. The van der Waals surface area contributed by atoms with Crippen molar-refractivity contribution in [3.63, 3.8) is 0 Å². The van der Waals surface area contributed by atoms with Gasteiger partial charge in [-0.15, -0.1) is 11.3 Å². The number of thiophene rings is 1. The number of hydrogen-bond donors (Lipinski definition) is 2. The summed E-state index contributed by atoms with van der Waals surface area (Å²) in [7, 11) is 0. The zero-order chi connectivity index (χ0) is 11.4. The molecule has 0 aliphatic rings. The van der Waals surface area contributed by atoms with E-state index in [4.69, 9.17) is 10.8 Å². The Morgan fingerprint density at radius 1 is 1.56 bits per heavy atom. The van der Waals surface area contributed by atoms with Crippen molar-refractivity contribution in [2.45, 2.75) is 19.0 Å². The van der Waals surface area contributed by atoms with Crippen LogP contribution in [0.5, 0.6) is 0 Å². The molecule has 0 saturated heterocycles. The summed E-state index contributed by atoms with van der Waals surface area (Å²) in [4.78, 5) is 5.49. The summed E-state index contributed by atoms with van der Waals surface area (Å²) in [5.74, 6) is 0.972. The Morgan fingerprint density at radius 2 is 2.44 bits per heavy atom. The molecule has 0 spiro atoms. The number of aliphatic hydroxyl groups excluding tert-OH is 1. The molecule has 2 aromatic heterocycles. The molecule has 0 bridgehead atoms. The minimum absolute atomic E-state index is 0.0308. The first-order valence-electron chi connectivity index (χ1n) is 5.22. The molecule has 86 valence electrons. The zero-order valence-electron chi connectivity index (χ0n) is 8.91. The van der Waals surface area contributed by atoms with Crippen LogP contribution >= 0.6 is 11.3 Å². The van der Waals surface area contributed by atoms with E-state index >= 15 is 0 Å². The standard InChI is InChI=1S/C11H15N3OS/c12-9(8-15)3-5-14-6-4-13-11(14)10-2-1-7-16-10/h1-2,4,6-7,9,15H,3,5,8,12H2. The Morgan fingerprint density at radius 3 is 3.12 bits per heavy atom. The van der Waals surface area contributed by atoms with Crippen LogP contribution in [-0.4, -0.2) is 27.3 Å². The molecule has 1 atom stereocenters. The van der Waals surface area contributed by atoms with Crippen molar-refractivity contribution in [2.75, 3.05) is 6.61 Å². The first kappa shape index (κ1) is 11.3. The molecular formula is C11H15N3OS. The predicted octanol–water partition coefficient (Wildman–Crippen LogP) is 1.32. The van der Waals surface area contributed by atoms with E-state index in [0.29, 0.717) is 0 Å². The van der Waals surface area contributed by atoms with Crippen LogP contribution in [0.2, 0.25) is 0 Å². The zero-order valence-corrected chi connectivity index (χ0v) is 9.73. The first-order chi connectivity index (χ1) is 7.81. The van der Waals surface area contributed by atoms with Crippen molar-refractivity contribution in [2.24, 2.45) is 5.73 Å². The van der Waals surface area contributed by atoms with Gasteiger partial charge in [-0.2, -0.15) is 0 Å². The van der Waals surface area contributed by atoms with E-state index in [-0.39, 0.29) is 12.6 Å². The quantitative estimate of drug-likeness (QED) is 0.824. The lowest BCUT2D eigenvalue weighted by Crippen LogP contribution is -2.25. The second-order valence-corrected chi connectivity index (χ2v) is 4.60. The minimum Gasteiger partial charge on any atom is -0.395 e. The van der Waals surface area contributed by atoms with Crippen molar-refractivity contribution in [3.05, 3.63) is 29.9 Å². The summed E-state index contributed by atoms with van der Waals surface area (Å²) < 4.78 is 2.07. The second kappa shape index (κ2) is 5.25. The second-order valence-electron chi connectivity index (χ2n) is 3.65. The molecule has 2 heterocycles. The Bertz CT molecular complexity index is 424. The number of imidazole rings is 1. The SMILES string of the molecule is NC(CO)CCn1ccnc1-c1cccs1. The summed E-state index contributed by atoms with van der Waals surface area (Å²) in [6.45, 7) is 0.817. The molecule has 5 heteroatoms. The van der Waals surface area contributed by atoms with Gasteiger partial charge in [0.25, 0.3) is 0 Å². The number of aryl methyl sites for hydroxylation is 1. The first-order valence-corrected chi connectivity index (χ1v) is 6.10. The molecule has 0 aliphatic carbocycles. The smallest absolute Gasteiger partial charge is 0.149 e. The number of nitrogens with two attached hydrogens (primary N) is 1. The van der Waals surface area contributed by atoms with Crippen molar-refractivity contribution in [1.82, 2.24) is 9.55 Å². The van der Waals surface area contributed by atoms with Crippen LogP contribution in [0, 0.1) is 0 Å². The number of aliphatic hydroxyl groups is 1. The fourth-order valence-corrected chi connectivity index (χ4v) is 2.25. The number of nitrogens with zero attached hydrogens (tertiary/aromatic N) is 2. The summed E-state index contributed by atoms with van der Waals surface area (Å²) in [5.41, 5.74) is 5.68. The lowest BCUT2D eigenvalue weighted by atomic mass is 10.2. The Kier molecular flexibility index (Phi) is 3.71. The van der Waals surface area contributed by atoms with Crippen molar-refractivity contribution in [1.29, 1.82) is 0 Å². The topological polar surface area (TPSA) is 64.1 Å². The highest BCUT2D eigenvalue weighted by atomic mass is 32.1. The van der Waals surface area contributed by atoms with E-state index < -0.39 is 0 Å². The van der Waals surface area contributed by atoms with Gasteiger partial charge in [-0.05, 0) is 17.9 Å². The lowest BCUT2D eigenvalue weighted by molar-refractivity contribution is 0.256. The third-order valence-electron chi connectivity index (χ3n) is 2.43. The average Bonchev–Trinajstić information content (AvgIpc) is 2.95. The predicted molar refractivity (Wildman–Crippen MR) is 65.2 cm³/mol. The molecule has 0 amide bonds. The van der Waals surface area contributed by atoms with Gasteiger partial charge >= 0.3 is 0 Å². The molecule has 0 saturated carbocycles. The van der Waals surface area contributed by atoms with E-state index in [9.17, 15) is 0 Å². The summed E-state index contributed by atoms with van der Waals surface area (Å²) in [5, 5.41) is 10.9. The fourth-order valence-electron chi connectivity index (χ4n) is 1.52. The van der Waals surface area contributed by atoms with Gasteiger partial charge in [0.2, 0.25) is 0 Å². The largest absolute Gasteiger partial charge is 0.395 e. The molecule has 0 radical (unpaired) electrons.